The van der Waals surface area contributed by atoms with Crippen LogP contribution in [0.3, 0.4) is 0 Å². The van der Waals surface area contributed by atoms with Crippen molar-refractivity contribution < 1.29 is 0 Å². The van der Waals surface area contributed by atoms with E-state index in [1.807, 2.05) is 13.8 Å². The summed E-state index contributed by atoms with van der Waals surface area (Å²) < 4.78 is 2.21. The topological polar surface area (TPSA) is 46.0 Å². The van der Waals surface area contributed by atoms with Crippen molar-refractivity contribution in [2.24, 2.45) is 5.10 Å². The smallest absolute Gasteiger partial charge is 0.216 e. The second-order valence-electron chi connectivity index (χ2n) is 4.16. The van der Waals surface area contributed by atoms with Crippen molar-refractivity contribution in [1.29, 1.82) is 0 Å². The third-order valence-electron chi connectivity index (χ3n) is 2.75. The van der Waals surface area contributed by atoms with Crippen molar-refractivity contribution in [2.45, 2.75) is 27.2 Å². The van der Waals surface area contributed by atoms with Crippen LogP contribution in [0.15, 0.2) is 29.4 Å². The normalized spacial score (nSPS) is 11.8. The maximum atomic E-state index is 5.17. The molecular weight excluding hydrogens is 244 g/mol. The largest absolute Gasteiger partial charge is 0.250 e. The van der Waals surface area contributed by atoms with Crippen LogP contribution in [-0.4, -0.2) is 20.6 Å². The molecule has 0 amide bonds. The minimum absolute atomic E-state index is 0.526. The summed E-state index contributed by atoms with van der Waals surface area (Å²) >= 11 is 5.17. The van der Waals surface area contributed by atoms with Crippen LogP contribution in [0.5, 0.6) is 0 Å². The van der Waals surface area contributed by atoms with Crippen molar-refractivity contribution in [1.82, 2.24) is 14.9 Å². The quantitative estimate of drug-likeness (QED) is 0.681. The maximum Gasteiger partial charge on any atom is 0.216 e. The van der Waals surface area contributed by atoms with Crippen LogP contribution in [0.2, 0.25) is 0 Å². The van der Waals surface area contributed by atoms with Crippen LogP contribution in [0.1, 0.15) is 30.8 Å². The summed E-state index contributed by atoms with van der Waals surface area (Å²) in [5, 5.41) is 11.4. The van der Waals surface area contributed by atoms with Gasteiger partial charge in [0.05, 0.1) is 5.71 Å². The number of aromatic nitrogens is 3. The molecule has 2 aromatic rings. The molecule has 0 aliphatic rings. The van der Waals surface area contributed by atoms with Crippen molar-refractivity contribution in [2.75, 3.05) is 0 Å². The number of H-pyrrole nitrogens is 1. The van der Waals surface area contributed by atoms with Gasteiger partial charge in [-0.2, -0.15) is 14.9 Å². The lowest BCUT2D eigenvalue weighted by Crippen LogP contribution is -2.03. The highest BCUT2D eigenvalue weighted by atomic mass is 32.1. The molecule has 1 aromatic carbocycles. The second kappa shape index (κ2) is 5.27. The SMILES string of the molecule is CCc1n[nH]c(=S)n1N=C(C)c1ccc(C)cc1. The van der Waals surface area contributed by atoms with Gasteiger partial charge in [0.25, 0.3) is 0 Å². The highest BCUT2D eigenvalue weighted by Crippen LogP contribution is 2.06. The summed E-state index contributed by atoms with van der Waals surface area (Å²) in [4.78, 5) is 0. The summed E-state index contributed by atoms with van der Waals surface area (Å²) in [6.07, 6.45) is 0.790. The molecule has 0 unspecified atom stereocenters. The number of rotatable bonds is 3. The monoisotopic (exact) mass is 260 g/mol. The van der Waals surface area contributed by atoms with E-state index in [0.717, 1.165) is 23.5 Å². The molecule has 0 aliphatic heterocycles. The Hall–Kier alpha value is -1.75. The van der Waals surface area contributed by atoms with E-state index in [1.54, 1.807) is 4.68 Å². The van der Waals surface area contributed by atoms with E-state index in [9.17, 15) is 0 Å². The second-order valence-corrected chi connectivity index (χ2v) is 4.55. The molecule has 94 valence electrons. The first kappa shape index (κ1) is 12.7. The molecule has 1 N–H and O–H groups in total. The zero-order valence-corrected chi connectivity index (χ0v) is 11.6. The van der Waals surface area contributed by atoms with E-state index in [0.29, 0.717) is 4.77 Å². The zero-order chi connectivity index (χ0) is 13.1. The number of nitrogens with zero attached hydrogens (tertiary/aromatic N) is 3. The molecule has 0 bridgehead atoms. The van der Waals surface area contributed by atoms with Crippen molar-refractivity contribution in [3.8, 4) is 0 Å². The van der Waals surface area contributed by atoms with E-state index >= 15 is 0 Å². The minimum Gasteiger partial charge on any atom is -0.250 e. The molecule has 4 nitrogen and oxygen atoms in total. The Balaban J connectivity index is 2.41. The lowest BCUT2D eigenvalue weighted by atomic mass is 10.1. The Kier molecular flexibility index (Phi) is 3.72. The summed E-state index contributed by atoms with van der Waals surface area (Å²) in [6, 6.07) is 8.26. The lowest BCUT2D eigenvalue weighted by Gasteiger charge is -2.03. The Morgan fingerprint density at radius 2 is 2.06 bits per heavy atom. The number of aryl methyl sites for hydroxylation is 2. The first-order chi connectivity index (χ1) is 8.61. The van der Waals surface area contributed by atoms with Gasteiger partial charge in [-0.15, -0.1) is 0 Å². The first-order valence-corrected chi connectivity index (χ1v) is 6.31. The number of hydrogen-bond donors (Lipinski definition) is 1. The Morgan fingerprint density at radius 3 is 2.67 bits per heavy atom. The van der Waals surface area contributed by atoms with Crippen molar-refractivity contribution >= 4 is 17.9 Å². The van der Waals surface area contributed by atoms with Crippen LogP contribution in [-0.2, 0) is 6.42 Å². The van der Waals surface area contributed by atoms with Gasteiger partial charge in [-0.05, 0) is 31.6 Å². The summed E-state index contributed by atoms with van der Waals surface area (Å²) in [5.41, 5.74) is 3.24. The van der Waals surface area contributed by atoms with E-state index in [4.69, 9.17) is 12.2 Å². The molecule has 18 heavy (non-hydrogen) atoms. The van der Waals surface area contributed by atoms with Gasteiger partial charge in [0.2, 0.25) is 4.77 Å². The number of benzene rings is 1. The van der Waals surface area contributed by atoms with E-state index in [-0.39, 0.29) is 0 Å². The van der Waals surface area contributed by atoms with Crippen LogP contribution >= 0.6 is 12.2 Å². The number of aromatic amines is 1. The van der Waals surface area contributed by atoms with Gasteiger partial charge in [0, 0.05) is 6.42 Å². The molecule has 5 heteroatoms. The zero-order valence-electron chi connectivity index (χ0n) is 10.8. The van der Waals surface area contributed by atoms with Gasteiger partial charge in [0.15, 0.2) is 5.82 Å². The van der Waals surface area contributed by atoms with Crippen LogP contribution in [0.25, 0.3) is 0 Å². The summed E-state index contributed by atoms with van der Waals surface area (Å²) in [7, 11) is 0. The third kappa shape index (κ3) is 2.56. The predicted molar refractivity (Wildman–Crippen MR) is 75.6 cm³/mol. The van der Waals surface area contributed by atoms with Gasteiger partial charge < -0.3 is 0 Å². The molecule has 1 aromatic heterocycles. The average molecular weight is 260 g/mol. The standard InChI is InChI=1S/C13H16N4S/c1-4-12-14-15-13(18)17(12)16-10(3)11-7-5-9(2)6-8-11/h5-8H,4H2,1-3H3,(H,15,18). The molecule has 0 atom stereocenters. The Bertz CT molecular complexity index is 619. The van der Waals surface area contributed by atoms with E-state index in [2.05, 4.69) is 46.5 Å². The lowest BCUT2D eigenvalue weighted by molar-refractivity contribution is 0.776. The van der Waals surface area contributed by atoms with E-state index < -0.39 is 0 Å². The molecule has 0 saturated heterocycles. The van der Waals surface area contributed by atoms with Crippen molar-refractivity contribution in [3.05, 3.63) is 46.0 Å². The summed E-state index contributed by atoms with van der Waals surface area (Å²) in [5.74, 6) is 0.839. The Morgan fingerprint density at radius 1 is 1.39 bits per heavy atom. The first-order valence-electron chi connectivity index (χ1n) is 5.90. The molecule has 0 radical (unpaired) electrons. The summed E-state index contributed by atoms with van der Waals surface area (Å²) in [6.45, 7) is 6.06. The van der Waals surface area contributed by atoms with Gasteiger partial charge in [-0.1, -0.05) is 36.8 Å². The van der Waals surface area contributed by atoms with Gasteiger partial charge in [-0.3, -0.25) is 5.10 Å². The predicted octanol–water partition coefficient (Wildman–Crippen LogP) is 3.08. The average Bonchev–Trinajstić information content (AvgIpc) is 2.71. The minimum atomic E-state index is 0.526. The Labute approximate surface area is 111 Å². The molecule has 0 aliphatic carbocycles. The molecule has 0 fully saturated rings. The van der Waals surface area contributed by atoms with Crippen LogP contribution < -0.4 is 0 Å². The highest BCUT2D eigenvalue weighted by molar-refractivity contribution is 7.71. The third-order valence-corrected chi connectivity index (χ3v) is 3.02. The molecule has 2 rings (SSSR count). The molecule has 0 spiro atoms. The maximum absolute atomic E-state index is 5.17. The number of nitrogens with one attached hydrogen (secondary N) is 1. The van der Waals surface area contributed by atoms with Crippen LogP contribution in [0.4, 0.5) is 0 Å². The fraction of sp³-hybridized carbons (Fsp3) is 0.308. The van der Waals surface area contributed by atoms with Gasteiger partial charge in [0.1, 0.15) is 0 Å². The van der Waals surface area contributed by atoms with Crippen LogP contribution in [0, 0.1) is 11.7 Å². The fourth-order valence-electron chi connectivity index (χ4n) is 1.66. The van der Waals surface area contributed by atoms with Gasteiger partial charge in [-0.25, -0.2) is 0 Å². The molecule has 1 heterocycles. The highest BCUT2D eigenvalue weighted by Gasteiger charge is 2.04. The number of hydrogen-bond acceptors (Lipinski definition) is 3. The van der Waals surface area contributed by atoms with Crippen molar-refractivity contribution in [3.63, 3.8) is 0 Å². The molecule has 0 saturated carbocycles. The van der Waals surface area contributed by atoms with E-state index in [1.165, 1.54) is 5.56 Å². The molecular formula is C13H16N4S. The van der Waals surface area contributed by atoms with Gasteiger partial charge >= 0.3 is 0 Å². The fourth-order valence-corrected chi connectivity index (χ4v) is 1.85.